The Labute approximate surface area is 109 Å². The SMILES string of the molecule is O=P.[H-].[H-].[H-].[K+].[Mg+2].[Zn]. The van der Waals surface area contributed by atoms with Gasteiger partial charge in [0.15, 0.2) is 0 Å². The summed E-state index contributed by atoms with van der Waals surface area (Å²) in [5.74, 6) is 0. The zero-order valence-corrected chi connectivity index (χ0v) is 11.8. The molecule has 0 rings (SSSR count). The van der Waals surface area contributed by atoms with Crippen LogP contribution in [-0.4, -0.2) is 23.1 Å². The molecule has 0 saturated carbocycles. The van der Waals surface area contributed by atoms with Gasteiger partial charge in [-0.1, -0.05) is 0 Å². The quantitative estimate of drug-likeness (QED) is 0.295. The van der Waals surface area contributed by atoms with Gasteiger partial charge in [0.05, 0.1) is 0 Å². The normalized spacial score (nSPS) is 0.800. The zero-order chi connectivity index (χ0) is 2.00. The van der Waals surface area contributed by atoms with Crippen molar-refractivity contribution in [3.8, 4) is 0 Å². The largest absolute Gasteiger partial charge is 2.00 e. The van der Waals surface area contributed by atoms with Gasteiger partial charge in [0.1, 0.15) is 9.12 Å². The smallest absolute Gasteiger partial charge is 1.00 e. The summed E-state index contributed by atoms with van der Waals surface area (Å²) in [7, 11) is 1.72. The van der Waals surface area contributed by atoms with Crippen LogP contribution >= 0.6 is 9.12 Å². The molecule has 0 aromatic rings. The number of hydrogen-bond donors (Lipinski definition) is 0. The minimum Gasteiger partial charge on any atom is -1.00 e. The molecule has 1 nitrogen and oxygen atoms in total. The standard InChI is InChI=1S/K.Mg.HOP.Zn.3H/c;;1-2;;;;/h;;2H;;;;/q+1;+2;;;3*-1. The van der Waals surface area contributed by atoms with Gasteiger partial charge in [0, 0.05) is 19.5 Å². The van der Waals surface area contributed by atoms with Crippen LogP contribution < -0.4 is 51.4 Å². The van der Waals surface area contributed by atoms with E-state index in [0.29, 0.717) is 0 Å². The van der Waals surface area contributed by atoms with Crippen LogP contribution in [0.1, 0.15) is 4.28 Å². The first kappa shape index (κ1) is 24.2. The molecule has 0 fully saturated rings. The maximum absolute atomic E-state index is 8.06. The fraction of sp³-hybridized carbons (Fsp3) is 0. The Kier molecular flexibility index (Phi) is 133. The maximum atomic E-state index is 8.06. The Morgan fingerprint density at radius 1 is 1.40 bits per heavy atom. The van der Waals surface area contributed by atoms with Gasteiger partial charge >= 0.3 is 74.4 Å². The van der Waals surface area contributed by atoms with Crippen LogP contribution in [0.2, 0.25) is 0 Å². The number of hydrogen-bond acceptors (Lipinski definition) is 1. The van der Waals surface area contributed by atoms with Gasteiger partial charge in [-0.05, 0) is 0 Å². The molecule has 0 atom stereocenters. The summed E-state index contributed by atoms with van der Waals surface area (Å²) in [5.41, 5.74) is 0. The Morgan fingerprint density at radius 2 is 1.40 bits per heavy atom. The average Bonchev–Trinajstić information content (AvgIpc) is 1.00. The van der Waals surface area contributed by atoms with Crippen molar-refractivity contribution in [3.05, 3.63) is 0 Å². The molecular weight excluding hydrogens is 176 g/mol. The number of rotatable bonds is 0. The predicted octanol–water partition coefficient (Wildman–Crippen LogP) is -2.57. The molecule has 5 heteroatoms. The molecule has 0 spiro atoms. The summed E-state index contributed by atoms with van der Waals surface area (Å²) in [6.07, 6.45) is 0. The van der Waals surface area contributed by atoms with Crippen LogP contribution in [0.15, 0.2) is 0 Å². The van der Waals surface area contributed by atoms with Crippen LogP contribution in [0.25, 0.3) is 0 Å². The summed E-state index contributed by atoms with van der Waals surface area (Å²) in [6, 6.07) is 0. The predicted molar refractivity (Wildman–Crippen MR) is 18.1 cm³/mol. The Bertz CT molecular complexity index is 19.2. The summed E-state index contributed by atoms with van der Waals surface area (Å²) < 4.78 is 8.06. The third-order valence-corrected chi connectivity index (χ3v) is 0. The van der Waals surface area contributed by atoms with E-state index in [0.717, 1.165) is 0 Å². The molecule has 0 heterocycles. The first-order valence-electron chi connectivity index (χ1n) is 0.204. The van der Waals surface area contributed by atoms with E-state index in [4.69, 9.17) is 4.57 Å². The van der Waals surface area contributed by atoms with Gasteiger partial charge in [-0.3, -0.25) is 4.57 Å². The third kappa shape index (κ3) is 19.2. The summed E-state index contributed by atoms with van der Waals surface area (Å²) in [5, 5.41) is 0. The molecule has 0 bridgehead atoms. The minimum atomic E-state index is 0. The van der Waals surface area contributed by atoms with Crippen LogP contribution in [0.5, 0.6) is 0 Å². The molecule has 0 amide bonds. The molecule has 5 heavy (non-hydrogen) atoms. The van der Waals surface area contributed by atoms with E-state index in [-0.39, 0.29) is 98.2 Å². The molecule has 0 saturated heterocycles. The molecule has 0 aromatic heterocycles. The summed E-state index contributed by atoms with van der Waals surface area (Å²) in [6.45, 7) is 0. The molecule has 0 aromatic carbocycles. The minimum absolute atomic E-state index is 0. The van der Waals surface area contributed by atoms with Gasteiger partial charge in [0.25, 0.3) is 0 Å². The summed E-state index contributed by atoms with van der Waals surface area (Å²) in [4.78, 5) is 0. The monoisotopic (exact) mass is 178 g/mol. The molecule has 0 unspecified atom stereocenters. The van der Waals surface area contributed by atoms with E-state index in [2.05, 4.69) is 0 Å². The van der Waals surface area contributed by atoms with Crippen LogP contribution in [-0.2, 0) is 24.0 Å². The van der Waals surface area contributed by atoms with Gasteiger partial charge in [-0.2, -0.15) is 0 Å². The van der Waals surface area contributed by atoms with E-state index in [1.165, 1.54) is 0 Å². The molecule has 0 radical (unpaired) electrons. The topological polar surface area (TPSA) is 17.1 Å². The third-order valence-electron chi connectivity index (χ3n) is 0. The van der Waals surface area contributed by atoms with Crippen molar-refractivity contribution in [3.63, 3.8) is 0 Å². The van der Waals surface area contributed by atoms with E-state index in [1.807, 2.05) is 0 Å². The van der Waals surface area contributed by atoms with Crippen molar-refractivity contribution in [1.29, 1.82) is 0 Å². The second kappa shape index (κ2) is 27.4. The van der Waals surface area contributed by atoms with Crippen LogP contribution in [0.4, 0.5) is 0 Å². The van der Waals surface area contributed by atoms with E-state index in [1.54, 1.807) is 9.12 Å². The van der Waals surface area contributed by atoms with Crippen molar-refractivity contribution in [2.45, 2.75) is 0 Å². The van der Waals surface area contributed by atoms with E-state index >= 15 is 0 Å². The van der Waals surface area contributed by atoms with Crippen molar-refractivity contribution in [1.82, 2.24) is 0 Å². The average molecular weight is 180 g/mol. The van der Waals surface area contributed by atoms with Crippen molar-refractivity contribution in [2.75, 3.05) is 0 Å². The molecule has 0 aliphatic heterocycles. The van der Waals surface area contributed by atoms with Gasteiger partial charge in [-0.15, -0.1) is 0 Å². The molecule has 0 N–H and O–H groups in total. The molecule has 20 valence electrons. The Hall–Kier alpha value is 3.13. The molecular formula is H4KMgOPZn. The first-order chi connectivity index (χ1) is 1.00. The van der Waals surface area contributed by atoms with Crippen molar-refractivity contribution >= 4 is 32.2 Å². The van der Waals surface area contributed by atoms with Gasteiger partial charge < -0.3 is 4.28 Å². The fourth-order valence-electron chi connectivity index (χ4n) is 0. The molecule has 0 aliphatic rings. The second-order valence-electron chi connectivity index (χ2n) is 0. The van der Waals surface area contributed by atoms with Gasteiger partial charge in [-0.25, -0.2) is 0 Å². The van der Waals surface area contributed by atoms with Crippen LogP contribution in [0, 0.1) is 0 Å². The van der Waals surface area contributed by atoms with E-state index < -0.39 is 0 Å². The van der Waals surface area contributed by atoms with Crippen LogP contribution in [0.3, 0.4) is 0 Å². The molecule has 0 aliphatic carbocycles. The van der Waals surface area contributed by atoms with E-state index in [9.17, 15) is 0 Å². The second-order valence-corrected chi connectivity index (χ2v) is 0. The van der Waals surface area contributed by atoms with Crippen molar-refractivity contribution < 1.29 is 79.7 Å². The van der Waals surface area contributed by atoms with Gasteiger partial charge in [0.2, 0.25) is 0 Å². The Morgan fingerprint density at radius 3 is 1.40 bits per heavy atom. The maximum Gasteiger partial charge on any atom is 2.00 e. The Balaban J connectivity index is -0.000000000333. The zero-order valence-electron chi connectivity index (χ0n) is 6.32. The fourth-order valence-corrected chi connectivity index (χ4v) is 0. The van der Waals surface area contributed by atoms with Crippen molar-refractivity contribution in [2.24, 2.45) is 0 Å². The first-order valence-corrected chi connectivity index (χ1v) is 0.612. The summed E-state index contributed by atoms with van der Waals surface area (Å²) >= 11 is 0.